The van der Waals surface area contributed by atoms with E-state index in [1.165, 1.54) is 10.4 Å². The largest absolute Gasteiger partial charge is 0.306 e. The first kappa shape index (κ1) is 16.0. The van der Waals surface area contributed by atoms with E-state index in [9.17, 15) is 8.42 Å². The highest BCUT2D eigenvalue weighted by Crippen LogP contribution is 2.23. The van der Waals surface area contributed by atoms with Gasteiger partial charge in [0.05, 0.1) is 16.5 Å². The smallest absolute Gasteiger partial charge is 0.243 e. The molecule has 1 aliphatic heterocycles. The first-order chi connectivity index (χ1) is 9.84. The van der Waals surface area contributed by atoms with Crippen LogP contribution in [0.15, 0.2) is 23.1 Å². The van der Waals surface area contributed by atoms with Crippen LogP contribution >= 0.6 is 0 Å². The van der Waals surface area contributed by atoms with E-state index in [0.717, 1.165) is 19.5 Å². The monoisotopic (exact) mass is 307 g/mol. The highest BCUT2D eigenvalue weighted by Gasteiger charge is 2.28. The third-order valence-electron chi connectivity index (χ3n) is 4.01. The molecule has 0 aliphatic carbocycles. The Bertz CT molecular complexity index is 664. The van der Waals surface area contributed by atoms with E-state index in [0.29, 0.717) is 23.6 Å². The van der Waals surface area contributed by atoms with Crippen LogP contribution in [0, 0.1) is 24.2 Å². The first-order valence-corrected chi connectivity index (χ1v) is 8.44. The zero-order valence-corrected chi connectivity index (χ0v) is 13.5. The second-order valence-corrected chi connectivity index (χ2v) is 7.81. The lowest BCUT2D eigenvalue weighted by Crippen LogP contribution is -2.33. The van der Waals surface area contributed by atoms with Gasteiger partial charge in [-0.3, -0.25) is 0 Å². The Morgan fingerprint density at radius 1 is 1.48 bits per heavy atom. The van der Waals surface area contributed by atoms with Gasteiger partial charge in [-0.1, -0.05) is 6.07 Å². The van der Waals surface area contributed by atoms with Gasteiger partial charge >= 0.3 is 0 Å². The fourth-order valence-electron chi connectivity index (χ4n) is 2.75. The summed E-state index contributed by atoms with van der Waals surface area (Å²) in [6.07, 6.45) is 1.02. The maximum Gasteiger partial charge on any atom is 0.243 e. The molecule has 1 aromatic rings. The summed E-state index contributed by atoms with van der Waals surface area (Å²) in [6.45, 7) is 4.21. The molecular formula is C15H21N3O2S. The Morgan fingerprint density at radius 2 is 2.19 bits per heavy atom. The number of nitriles is 1. The second-order valence-electron chi connectivity index (χ2n) is 5.79. The molecule has 1 saturated heterocycles. The summed E-state index contributed by atoms with van der Waals surface area (Å²) in [6, 6.07) is 6.78. The average molecular weight is 307 g/mol. The minimum Gasteiger partial charge on any atom is -0.306 e. The number of nitrogens with zero attached hydrogens (tertiary/aromatic N) is 3. The molecule has 6 heteroatoms. The Balaban J connectivity index is 2.23. The standard InChI is InChI=1S/C15H21N3O2S/c1-12-4-5-13(9-16)8-15(12)21(19,20)18(3)11-14-6-7-17(2)10-14/h4-5,8,14H,6-7,10-11H2,1-3H3. The van der Waals surface area contributed by atoms with Crippen LogP contribution in [0.1, 0.15) is 17.5 Å². The molecule has 21 heavy (non-hydrogen) atoms. The summed E-state index contributed by atoms with van der Waals surface area (Å²) in [5.74, 6) is 0.370. The van der Waals surface area contributed by atoms with Crippen LogP contribution in [0.4, 0.5) is 0 Å². The fraction of sp³-hybridized carbons (Fsp3) is 0.533. The van der Waals surface area contributed by atoms with E-state index in [1.54, 1.807) is 26.1 Å². The van der Waals surface area contributed by atoms with E-state index in [1.807, 2.05) is 6.07 Å². The zero-order valence-electron chi connectivity index (χ0n) is 12.7. The molecule has 0 bridgehead atoms. The summed E-state index contributed by atoms with van der Waals surface area (Å²) < 4.78 is 26.8. The van der Waals surface area contributed by atoms with Crippen LogP contribution < -0.4 is 0 Å². The molecule has 0 N–H and O–H groups in total. The molecule has 114 valence electrons. The Hall–Kier alpha value is -1.42. The summed E-state index contributed by atoms with van der Waals surface area (Å²) in [5.41, 5.74) is 1.04. The average Bonchev–Trinajstić information content (AvgIpc) is 2.84. The normalized spacial score (nSPS) is 19.9. The molecule has 1 fully saturated rings. The van der Waals surface area contributed by atoms with Crippen molar-refractivity contribution in [3.8, 4) is 6.07 Å². The topological polar surface area (TPSA) is 64.4 Å². The summed E-state index contributed by atoms with van der Waals surface area (Å²) >= 11 is 0. The summed E-state index contributed by atoms with van der Waals surface area (Å²) in [4.78, 5) is 2.45. The van der Waals surface area contributed by atoms with Crippen molar-refractivity contribution in [1.29, 1.82) is 5.26 Å². The molecule has 0 spiro atoms. The quantitative estimate of drug-likeness (QED) is 0.844. The van der Waals surface area contributed by atoms with Crippen molar-refractivity contribution in [2.45, 2.75) is 18.2 Å². The lowest BCUT2D eigenvalue weighted by molar-refractivity contribution is 0.356. The Kier molecular flexibility index (Phi) is 4.67. The van der Waals surface area contributed by atoms with Gasteiger partial charge in [0.2, 0.25) is 10.0 Å². The molecule has 5 nitrogen and oxygen atoms in total. The molecule has 0 aromatic heterocycles. The van der Waals surface area contributed by atoms with Crippen molar-refractivity contribution in [2.24, 2.45) is 5.92 Å². The van der Waals surface area contributed by atoms with Gasteiger partial charge in [-0.25, -0.2) is 12.7 Å². The van der Waals surface area contributed by atoms with Gasteiger partial charge in [0.1, 0.15) is 0 Å². The van der Waals surface area contributed by atoms with Gasteiger partial charge in [0.25, 0.3) is 0 Å². The maximum atomic E-state index is 12.7. The zero-order chi connectivity index (χ0) is 15.6. The van der Waals surface area contributed by atoms with Crippen LogP contribution in [0.25, 0.3) is 0 Å². The van der Waals surface area contributed by atoms with Crippen LogP contribution in [0.5, 0.6) is 0 Å². The van der Waals surface area contributed by atoms with Crippen molar-refractivity contribution >= 4 is 10.0 Å². The van der Waals surface area contributed by atoms with E-state index in [2.05, 4.69) is 11.9 Å². The van der Waals surface area contributed by atoms with Crippen LogP contribution in [0.3, 0.4) is 0 Å². The molecule has 1 atom stereocenters. The number of aryl methyl sites for hydroxylation is 1. The molecule has 1 aromatic carbocycles. The van der Waals surface area contributed by atoms with Gasteiger partial charge in [0.15, 0.2) is 0 Å². The summed E-state index contributed by atoms with van der Waals surface area (Å²) in [5, 5.41) is 8.95. The van der Waals surface area contributed by atoms with Crippen molar-refractivity contribution in [2.75, 3.05) is 33.7 Å². The Labute approximate surface area is 126 Å². The molecular weight excluding hydrogens is 286 g/mol. The van der Waals surface area contributed by atoms with Crippen molar-refractivity contribution < 1.29 is 8.42 Å². The first-order valence-electron chi connectivity index (χ1n) is 7.00. The fourth-order valence-corrected chi connectivity index (χ4v) is 4.25. The van der Waals surface area contributed by atoms with Gasteiger partial charge in [-0.05, 0) is 50.6 Å². The molecule has 1 unspecified atom stereocenters. The third-order valence-corrected chi connectivity index (χ3v) is 5.98. The molecule has 0 radical (unpaired) electrons. The van der Waals surface area contributed by atoms with E-state index in [-0.39, 0.29) is 4.90 Å². The number of hydrogen-bond donors (Lipinski definition) is 0. The predicted octanol–water partition coefficient (Wildman–Crippen LogP) is 1.44. The lowest BCUT2D eigenvalue weighted by atomic mass is 10.1. The highest BCUT2D eigenvalue weighted by atomic mass is 32.2. The van der Waals surface area contributed by atoms with Gasteiger partial charge < -0.3 is 4.90 Å². The van der Waals surface area contributed by atoms with E-state index >= 15 is 0 Å². The van der Waals surface area contributed by atoms with Crippen molar-refractivity contribution in [3.05, 3.63) is 29.3 Å². The Morgan fingerprint density at radius 3 is 2.76 bits per heavy atom. The molecule has 0 saturated carbocycles. The van der Waals surface area contributed by atoms with Crippen LogP contribution in [0.2, 0.25) is 0 Å². The molecule has 1 aliphatic rings. The van der Waals surface area contributed by atoms with Gasteiger partial charge in [0, 0.05) is 20.1 Å². The number of rotatable bonds is 4. The third kappa shape index (κ3) is 3.43. The predicted molar refractivity (Wildman–Crippen MR) is 81.3 cm³/mol. The van der Waals surface area contributed by atoms with Gasteiger partial charge in [-0.15, -0.1) is 0 Å². The number of benzene rings is 1. The summed E-state index contributed by atoms with van der Waals surface area (Å²) in [7, 11) is 0.124. The number of sulfonamides is 1. The van der Waals surface area contributed by atoms with Gasteiger partial charge in [-0.2, -0.15) is 5.26 Å². The lowest BCUT2D eigenvalue weighted by Gasteiger charge is -2.22. The van der Waals surface area contributed by atoms with Crippen LogP contribution in [-0.4, -0.2) is 51.4 Å². The number of likely N-dealkylation sites (tertiary alicyclic amines) is 1. The molecule has 0 amide bonds. The minimum atomic E-state index is -3.54. The SMILES string of the molecule is Cc1ccc(C#N)cc1S(=O)(=O)N(C)CC1CCN(C)C1. The second kappa shape index (κ2) is 6.14. The van der Waals surface area contributed by atoms with Crippen molar-refractivity contribution in [3.63, 3.8) is 0 Å². The maximum absolute atomic E-state index is 12.7. The van der Waals surface area contributed by atoms with Crippen LogP contribution in [-0.2, 0) is 10.0 Å². The molecule has 2 rings (SSSR count). The minimum absolute atomic E-state index is 0.232. The number of hydrogen-bond acceptors (Lipinski definition) is 4. The van der Waals surface area contributed by atoms with E-state index in [4.69, 9.17) is 5.26 Å². The van der Waals surface area contributed by atoms with E-state index < -0.39 is 10.0 Å². The van der Waals surface area contributed by atoms with Crippen molar-refractivity contribution in [1.82, 2.24) is 9.21 Å². The molecule has 1 heterocycles. The highest BCUT2D eigenvalue weighted by molar-refractivity contribution is 7.89.